The number of fused-ring (bicyclic) bond motifs is 9. The molecule has 11 rings (SSSR count). The summed E-state index contributed by atoms with van der Waals surface area (Å²) in [4.78, 5) is 10.0. The molecule has 4 nitrogen and oxygen atoms in total. The van der Waals surface area contributed by atoms with E-state index in [1.165, 1.54) is 20.9 Å². The summed E-state index contributed by atoms with van der Waals surface area (Å²) >= 11 is 1.76. The molecule has 0 amide bonds. The average molecular weight is 736 g/mol. The minimum Gasteiger partial charge on any atom is -0.456 e. The summed E-state index contributed by atoms with van der Waals surface area (Å²) in [6.45, 7) is 0. The Balaban J connectivity index is 1.06. The monoisotopic (exact) mass is 735 g/mol. The molecule has 0 saturated heterocycles. The molecule has 56 heavy (non-hydrogen) atoms. The van der Waals surface area contributed by atoms with Crippen LogP contribution in [0.25, 0.3) is 64.3 Å². The lowest BCUT2D eigenvalue weighted by atomic mass is 9.99. The lowest BCUT2D eigenvalue weighted by Gasteiger charge is -2.26. The molecule has 0 aliphatic carbocycles. The summed E-state index contributed by atoms with van der Waals surface area (Å²) in [5.74, 6) is 0. The van der Waals surface area contributed by atoms with Crippen LogP contribution in [-0.2, 0) is 0 Å². The van der Waals surface area contributed by atoms with E-state index in [4.69, 9.17) is 9.40 Å². The minimum atomic E-state index is 0.865. The van der Waals surface area contributed by atoms with Crippen molar-refractivity contribution in [2.45, 2.75) is 0 Å². The summed E-state index contributed by atoms with van der Waals surface area (Å²) in [7, 11) is 0. The molecule has 0 spiro atoms. The van der Waals surface area contributed by atoms with E-state index in [0.717, 1.165) is 77.5 Å². The lowest BCUT2D eigenvalue weighted by Crippen LogP contribution is -2.09. The standard InChI is InChI=1S/C51H33N3OS/c1-4-16-35(17-5-1)53(36-18-6-2-7-19-36)39-28-30-45-46(32-39)41-23-10-11-25-44(41)49-50(45)56-51(52-49)34-15-14-22-38(31-34)54(37-20-8-3-9-21-37)40-27-29-43-42-24-12-13-26-47(42)55-48(43)33-40/h1-33H. The van der Waals surface area contributed by atoms with Gasteiger partial charge in [-0.2, -0.15) is 0 Å². The number of furan rings is 1. The Labute approximate surface area is 327 Å². The van der Waals surface area contributed by atoms with Gasteiger partial charge in [-0.05, 0) is 89.6 Å². The third kappa shape index (κ3) is 5.40. The summed E-state index contributed by atoms with van der Waals surface area (Å²) < 4.78 is 7.53. The van der Waals surface area contributed by atoms with E-state index in [9.17, 15) is 0 Å². The van der Waals surface area contributed by atoms with Crippen LogP contribution in [0.3, 0.4) is 0 Å². The molecule has 264 valence electrons. The number of thiazole rings is 1. The number of aromatic nitrogens is 1. The van der Waals surface area contributed by atoms with Crippen molar-refractivity contribution in [2.75, 3.05) is 9.80 Å². The Morgan fingerprint density at radius 3 is 1.57 bits per heavy atom. The van der Waals surface area contributed by atoms with Gasteiger partial charge in [-0.1, -0.05) is 115 Å². The van der Waals surface area contributed by atoms with Crippen molar-refractivity contribution in [2.24, 2.45) is 0 Å². The van der Waals surface area contributed by atoms with E-state index in [2.05, 4.69) is 198 Å². The van der Waals surface area contributed by atoms with Crippen LogP contribution in [0.4, 0.5) is 34.1 Å². The maximum Gasteiger partial charge on any atom is 0.137 e. The topological polar surface area (TPSA) is 32.5 Å². The summed E-state index contributed by atoms with van der Waals surface area (Å²) in [6, 6.07) is 70.7. The maximum atomic E-state index is 6.34. The van der Waals surface area contributed by atoms with Crippen molar-refractivity contribution in [3.05, 3.63) is 200 Å². The van der Waals surface area contributed by atoms with Gasteiger partial charge < -0.3 is 14.2 Å². The predicted octanol–water partition coefficient (Wildman–Crippen LogP) is 15.1. The van der Waals surface area contributed by atoms with Gasteiger partial charge >= 0.3 is 0 Å². The first-order valence-electron chi connectivity index (χ1n) is 18.8. The zero-order chi connectivity index (χ0) is 37.0. The number of benzene rings is 9. The highest BCUT2D eigenvalue weighted by molar-refractivity contribution is 7.22. The van der Waals surface area contributed by atoms with Gasteiger partial charge in [-0.25, -0.2) is 4.98 Å². The van der Waals surface area contributed by atoms with Gasteiger partial charge in [0, 0.05) is 67.3 Å². The van der Waals surface area contributed by atoms with Crippen LogP contribution in [0, 0.1) is 0 Å². The molecular weight excluding hydrogens is 703 g/mol. The van der Waals surface area contributed by atoms with Gasteiger partial charge in [-0.3, -0.25) is 0 Å². The molecule has 0 unspecified atom stereocenters. The van der Waals surface area contributed by atoms with E-state index >= 15 is 0 Å². The maximum absolute atomic E-state index is 6.34. The molecule has 2 aromatic heterocycles. The van der Waals surface area contributed by atoms with Crippen LogP contribution in [0.1, 0.15) is 0 Å². The average Bonchev–Trinajstić information content (AvgIpc) is 3.88. The second-order valence-corrected chi connectivity index (χ2v) is 15.0. The third-order valence-corrected chi connectivity index (χ3v) is 11.8. The van der Waals surface area contributed by atoms with E-state index in [-0.39, 0.29) is 0 Å². The molecule has 0 saturated carbocycles. The Bertz CT molecular complexity index is 3170. The van der Waals surface area contributed by atoms with Gasteiger partial charge in [0.1, 0.15) is 16.2 Å². The number of hydrogen-bond donors (Lipinski definition) is 0. The molecule has 2 heterocycles. The first kappa shape index (κ1) is 32.2. The zero-order valence-electron chi connectivity index (χ0n) is 30.2. The fraction of sp³-hybridized carbons (Fsp3) is 0. The fourth-order valence-corrected chi connectivity index (χ4v) is 9.20. The highest BCUT2D eigenvalue weighted by atomic mass is 32.1. The van der Waals surface area contributed by atoms with Crippen molar-refractivity contribution in [1.82, 2.24) is 4.98 Å². The summed E-state index contributed by atoms with van der Waals surface area (Å²) in [5, 5.41) is 7.98. The van der Waals surface area contributed by atoms with Crippen LogP contribution in [0.15, 0.2) is 205 Å². The summed E-state index contributed by atoms with van der Waals surface area (Å²) in [5.41, 5.74) is 10.3. The smallest absolute Gasteiger partial charge is 0.137 e. The van der Waals surface area contributed by atoms with Crippen LogP contribution in [0.5, 0.6) is 0 Å². The van der Waals surface area contributed by atoms with E-state index < -0.39 is 0 Å². The Morgan fingerprint density at radius 2 is 0.875 bits per heavy atom. The second kappa shape index (κ2) is 13.3. The summed E-state index contributed by atoms with van der Waals surface area (Å²) in [6.07, 6.45) is 0. The van der Waals surface area contributed by atoms with Crippen LogP contribution in [-0.4, -0.2) is 4.98 Å². The van der Waals surface area contributed by atoms with Gasteiger partial charge in [0.2, 0.25) is 0 Å². The van der Waals surface area contributed by atoms with Crippen molar-refractivity contribution >= 4 is 99.2 Å². The van der Waals surface area contributed by atoms with Crippen LogP contribution in [0.2, 0.25) is 0 Å². The van der Waals surface area contributed by atoms with E-state index in [1.807, 2.05) is 12.1 Å². The van der Waals surface area contributed by atoms with Crippen molar-refractivity contribution in [1.29, 1.82) is 0 Å². The molecule has 0 bridgehead atoms. The molecule has 0 N–H and O–H groups in total. The van der Waals surface area contributed by atoms with Crippen LogP contribution >= 0.6 is 11.3 Å². The molecule has 11 aromatic rings. The van der Waals surface area contributed by atoms with Crippen molar-refractivity contribution < 1.29 is 4.42 Å². The lowest BCUT2D eigenvalue weighted by molar-refractivity contribution is 0.669. The molecule has 0 aliphatic rings. The SMILES string of the molecule is c1ccc(N(c2cccc(-c3nc4c5ccccc5c5cc(N(c6ccccc6)c6ccccc6)ccc5c4s3)c2)c2ccc3c(c2)oc2ccccc23)cc1. The number of anilines is 6. The first-order valence-corrected chi connectivity index (χ1v) is 19.6. The highest BCUT2D eigenvalue weighted by Crippen LogP contribution is 2.45. The van der Waals surface area contributed by atoms with Crippen LogP contribution < -0.4 is 9.80 Å². The molecule has 0 fully saturated rings. The molecule has 0 atom stereocenters. The number of nitrogens with zero attached hydrogens (tertiary/aromatic N) is 3. The first-order chi connectivity index (χ1) is 27.8. The molecule has 0 radical (unpaired) electrons. The number of para-hydroxylation sites is 4. The zero-order valence-corrected chi connectivity index (χ0v) is 31.0. The fourth-order valence-electron chi connectivity index (χ4n) is 8.08. The van der Waals surface area contributed by atoms with E-state index in [1.54, 1.807) is 11.3 Å². The van der Waals surface area contributed by atoms with Gasteiger partial charge in [0.25, 0.3) is 0 Å². The molecule has 5 heteroatoms. The quantitative estimate of drug-likeness (QED) is 0.153. The second-order valence-electron chi connectivity index (χ2n) is 14.0. The Hall–Kier alpha value is -7.21. The Kier molecular flexibility index (Phi) is 7.64. The predicted molar refractivity (Wildman–Crippen MR) is 237 cm³/mol. The van der Waals surface area contributed by atoms with Gasteiger partial charge in [0.15, 0.2) is 0 Å². The Morgan fingerprint density at radius 1 is 0.357 bits per heavy atom. The molecular formula is C51H33N3OS. The minimum absolute atomic E-state index is 0.865. The molecule has 0 aliphatic heterocycles. The highest BCUT2D eigenvalue weighted by Gasteiger charge is 2.20. The third-order valence-electron chi connectivity index (χ3n) is 10.6. The van der Waals surface area contributed by atoms with Gasteiger partial charge in [-0.15, -0.1) is 11.3 Å². The normalized spacial score (nSPS) is 11.6. The van der Waals surface area contributed by atoms with Gasteiger partial charge in [0.05, 0.1) is 10.2 Å². The van der Waals surface area contributed by atoms with Crippen molar-refractivity contribution in [3.8, 4) is 10.6 Å². The number of hydrogen-bond acceptors (Lipinski definition) is 5. The molecule has 9 aromatic carbocycles. The number of rotatable bonds is 7. The van der Waals surface area contributed by atoms with E-state index in [0.29, 0.717) is 0 Å². The van der Waals surface area contributed by atoms with Crippen molar-refractivity contribution in [3.63, 3.8) is 0 Å². The largest absolute Gasteiger partial charge is 0.456 e.